The molecule has 0 radical (unpaired) electrons. The van der Waals surface area contributed by atoms with E-state index in [0.717, 1.165) is 76.6 Å². The number of hydrogen-bond donors (Lipinski definition) is 4. The van der Waals surface area contributed by atoms with Crippen LogP contribution in [-0.2, 0) is 56.2 Å². The second-order valence-electron chi connectivity index (χ2n) is 30.9. The van der Waals surface area contributed by atoms with Crippen molar-refractivity contribution >= 4 is 190 Å². The van der Waals surface area contributed by atoms with Gasteiger partial charge in [0.25, 0.3) is 0 Å². The van der Waals surface area contributed by atoms with Gasteiger partial charge < -0.3 is 40.4 Å². The number of halogens is 8. The molecule has 35 heteroatoms. The Morgan fingerprint density at radius 2 is 1.07 bits per heavy atom. The van der Waals surface area contributed by atoms with Crippen LogP contribution in [-0.4, -0.2) is 168 Å². The number of nitrogens with one attached hydrogen (secondary N) is 2. The minimum Gasteiger partial charge on any atom is -0.481 e. The van der Waals surface area contributed by atoms with E-state index in [9.17, 15) is 38.1 Å². The predicted octanol–water partition coefficient (Wildman–Crippen LogP) is 20.6. The summed E-state index contributed by atoms with van der Waals surface area (Å²) in [6.07, 6.45) is 3.52. The standard InChI is InChI=1S/C22H19ClN6.C21H22BrClN2O4.C17H13BrClNO.C13H9BrClNO.C9H16O4.C8H16ClN2O3P.H2S/c1-13-22-27-26-14(2)29(22)20-9-6-16(17-11-24-28(3)12-17)10-19(20)21(25-13)15-4-7-18(23)8-5-15;1-12(24-20(28)29-21(2,3)4)19(27)25-17-10-7-14(22)11-16(17)18(26)13-5-8-15(23)9-6-13;1-10-16(21)8-12-2-5-13(18)9-15(12)17(20-10)11-3-6-14(19)7-4-11;14-9-3-6-12(16)11(7-9)13(17)8-1-4-10(15)5-2-8;1-6(8(11)12)5-7(10)13-9(2,3)4;9-15(12,10-1-5-13-6-2-10)11-3-7-14-8-4-11;/h4-13H,1-3H3;5-12H,1-4H3,(H,24,28)(H,25,27);2-7,9-10H,8H2,1H3;1-7H,16H2;6H,5H2,1-4H3,(H,11,12);1-8H2;1H2/t13-;12-;10-;;6-;;/m010.1../s1. The van der Waals surface area contributed by atoms with Crippen LogP contribution in [0.3, 0.4) is 0 Å². The van der Waals surface area contributed by atoms with Crippen molar-refractivity contribution in [3.8, 4) is 16.8 Å². The van der Waals surface area contributed by atoms with Gasteiger partial charge in [0.15, 0.2) is 23.2 Å². The first kappa shape index (κ1) is 102. The third kappa shape index (κ3) is 29.7. The van der Waals surface area contributed by atoms with Crippen molar-refractivity contribution in [1.29, 1.82) is 0 Å². The molecule has 6 heterocycles. The maximum Gasteiger partial charge on any atom is 0.408 e. The normalized spacial score (nSPS) is 15.4. The molecule has 4 aliphatic heterocycles. The molecular weight excluding hydrogens is 1940 g/mol. The van der Waals surface area contributed by atoms with E-state index in [1.807, 2.05) is 116 Å². The SMILES string of the molecule is C[C@@H](NC(=O)OC(C)(C)C)C(=O)Nc1ccc(Br)cc1C(=O)c1ccc(Cl)cc1.C[C@@H]1N=C(c2ccc(Cl)cc2)c2cc(Br)ccc2CC1=O.C[C@H](CC(=O)OC(C)(C)C)C(=O)O.Cc1nnc2n1-c1ccc(-c3cnn(C)c3)cc1C(c1ccc(Cl)cc1)=N[C@H]2C.Nc1ccc(Br)cc1C(=O)c1ccc(Cl)cc1.O=P(Cl)(N1CCOCC1)N1CCOCC1.S. The summed E-state index contributed by atoms with van der Waals surface area (Å²) in [5.74, 6) is -1.18. The number of hydrogen-bond acceptors (Lipinski definition) is 18. The largest absolute Gasteiger partial charge is 0.481 e. The lowest BCUT2D eigenvalue weighted by atomic mass is 9.96. The molecule has 5 N–H and O–H groups in total. The predicted molar refractivity (Wildman–Crippen MR) is 509 cm³/mol. The van der Waals surface area contributed by atoms with Crippen LogP contribution in [0.2, 0.25) is 20.1 Å². The van der Waals surface area contributed by atoms with E-state index < -0.39 is 53.9 Å². The van der Waals surface area contributed by atoms with Crippen molar-refractivity contribution in [1.82, 2.24) is 39.2 Å². The zero-order valence-electron chi connectivity index (χ0n) is 70.6. The zero-order chi connectivity index (χ0) is 90.7. The third-order valence-electron chi connectivity index (χ3n) is 18.9. The fourth-order valence-electron chi connectivity index (χ4n) is 12.6. The van der Waals surface area contributed by atoms with E-state index in [4.69, 9.17) is 92.4 Å². The summed E-state index contributed by atoms with van der Waals surface area (Å²) in [6, 6.07) is 49.8. The fraction of sp³-hybridized carbons (Fsp3) is 0.311. The van der Waals surface area contributed by atoms with Gasteiger partial charge in [-0.05, 0) is 225 Å². The second kappa shape index (κ2) is 46.3. The molecule has 2 amide bonds. The van der Waals surface area contributed by atoms with Crippen LogP contribution in [0, 0.1) is 12.8 Å². The van der Waals surface area contributed by atoms with Gasteiger partial charge in [0.2, 0.25) is 5.91 Å². The summed E-state index contributed by atoms with van der Waals surface area (Å²) in [4.78, 5) is 92.8. The Morgan fingerprint density at radius 1 is 0.608 bits per heavy atom. The number of alkyl carbamates (subject to hydrolysis) is 1. The van der Waals surface area contributed by atoms with Crippen molar-refractivity contribution in [2.45, 2.75) is 118 Å². The number of fused-ring (bicyclic) bond motifs is 4. The number of ether oxygens (including phenoxy) is 4. The van der Waals surface area contributed by atoms with E-state index >= 15 is 0 Å². The highest BCUT2D eigenvalue weighted by atomic mass is 79.9. The lowest BCUT2D eigenvalue weighted by molar-refractivity contribution is -0.159. The number of nitrogens with zero attached hydrogens (tertiary/aromatic N) is 9. The molecule has 125 heavy (non-hydrogen) atoms. The Balaban J connectivity index is 0.000000190. The van der Waals surface area contributed by atoms with Crippen LogP contribution in [0.5, 0.6) is 0 Å². The highest BCUT2D eigenvalue weighted by Crippen LogP contribution is 2.58. The second-order valence-corrected chi connectivity index (χ2v) is 38.8. The monoisotopic (exact) mass is 2030 g/mol. The number of anilines is 2. The Kier molecular flexibility index (Phi) is 37.7. The summed E-state index contributed by atoms with van der Waals surface area (Å²) in [7, 11) is 1.92. The molecule has 8 aromatic carbocycles. The van der Waals surface area contributed by atoms with Crippen molar-refractivity contribution < 1.29 is 62.2 Å². The van der Waals surface area contributed by atoms with Gasteiger partial charge >= 0.3 is 24.8 Å². The van der Waals surface area contributed by atoms with E-state index in [-0.39, 0.29) is 49.3 Å². The number of nitrogen functional groups attached to an aromatic ring is 1. The highest BCUT2D eigenvalue weighted by Gasteiger charge is 2.37. The number of rotatable bonds is 15. The van der Waals surface area contributed by atoms with Crippen molar-refractivity contribution in [2.24, 2.45) is 23.0 Å². The maximum absolute atomic E-state index is 12.9. The van der Waals surface area contributed by atoms with Gasteiger partial charge in [-0.3, -0.25) is 52.6 Å². The van der Waals surface area contributed by atoms with E-state index in [0.29, 0.717) is 117 Å². The summed E-state index contributed by atoms with van der Waals surface area (Å²) < 4.78 is 43.0. The average molecular weight is 2030 g/mol. The smallest absolute Gasteiger partial charge is 0.408 e. The zero-order valence-corrected chi connectivity index (χ0v) is 81.1. The summed E-state index contributed by atoms with van der Waals surface area (Å²) in [6.45, 7) is 21.5. The third-order valence-corrected chi connectivity index (χ3v) is 24.8. The topological polar surface area (TPSA) is 324 Å². The number of carboxylic acids is 1. The van der Waals surface area contributed by atoms with Gasteiger partial charge in [0, 0.05) is 135 Å². The minimum absolute atomic E-state index is 0. The van der Waals surface area contributed by atoms with Gasteiger partial charge in [-0.1, -0.05) is 138 Å². The molecule has 0 aliphatic carbocycles. The molecule has 0 bridgehead atoms. The van der Waals surface area contributed by atoms with Gasteiger partial charge in [0.1, 0.15) is 35.2 Å². The number of carboxylic acid groups (broad SMARTS) is 1. The maximum atomic E-state index is 12.9. The lowest BCUT2D eigenvalue weighted by Gasteiger charge is -2.38. The molecule has 2 saturated heterocycles. The van der Waals surface area contributed by atoms with Gasteiger partial charge in [-0.25, -0.2) is 14.1 Å². The van der Waals surface area contributed by atoms with Gasteiger partial charge in [-0.15, -0.1) is 10.2 Å². The highest BCUT2D eigenvalue weighted by molar-refractivity contribution is 9.11. The van der Waals surface area contributed by atoms with Crippen molar-refractivity contribution in [2.75, 3.05) is 63.7 Å². The summed E-state index contributed by atoms with van der Waals surface area (Å²) in [5.41, 5.74) is 17.1. The molecule has 0 spiro atoms. The van der Waals surface area contributed by atoms with Crippen molar-refractivity contribution in [3.63, 3.8) is 0 Å². The van der Waals surface area contributed by atoms with E-state index in [2.05, 4.69) is 101 Å². The van der Waals surface area contributed by atoms with Crippen LogP contribution >= 0.6 is 126 Å². The molecule has 4 atom stereocenters. The number of esters is 1. The number of amides is 2. The number of aliphatic imine (C=N–C) groups is 2. The van der Waals surface area contributed by atoms with Crippen LogP contribution in [0.15, 0.2) is 206 Å². The number of carbonyl (C=O) groups excluding carboxylic acids is 6. The number of nitrogens with two attached hydrogens (primary N) is 1. The number of aliphatic carboxylic acids is 1. The molecule has 10 aromatic rings. The number of carbonyl (C=O) groups is 7. The van der Waals surface area contributed by atoms with Crippen LogP contribution in [0.4, 0.5) is 16.2 Å². The Bertz CT molecular complexity index is 5590. The van der Waals surface area contributed by atoms with Crippen LogP contribution in [0.25, 0.3) is 16.8 Å². The summed E-state index contributed by atoms with van der Waals surface area (Å²) >= 11 is 40.1. The Labute approximate surface area is 784 Å². The first-order valence-corrected chi connectivity index (χ1v) is 45.6. The van der Waals surface area contributed by atoms with Crippen LogP contribution < -0.4 is 16.4 Å². The number of morpholine rings is 2. The molecule has 0 unspecified atom stereocenters. The van der Waals surface area contributed by atoms with Crippen molar-refractivity contribution in [3.05, 3.63) is 277 Å². The first-order valence-electron chi connectivity index (χ1n) is 39.2. The van der Waals surface area contributed by atoms with Gasteiger partial charge in [0.05, 0.1) is 67.8 Å². The average Bonchev–Trinajstić information content (AvgIpc) is 1.62. The molecular formula is C90H97Br3Cl5N12O13PS. The molecule has 2 fully saturated rings. The number of ketones is 3. The van der Waals surface area contributed by atoms with E-state index in [1.54, 1.807) is 131 Å². The molecule has 0 saturated carbocycles. The minimum atomic E-state index is -2.86. The molecule has 4 aliphatic rings. The summed E-state index contributed by atoms with van der Waals surface area (Å²) in [5, 5.41) is 29.2. The Morgan fingerprint density at radius 3 is 1.58 bits per heavy atom. The number of benzene rings is 8. The van der Waals surface area contributed by atoms with E-state index in [1.165, 1.54) is 13.8 Å². The Hall–Kier alpha value is -8.75. The lowest BCUT2D eigenvalue weighted by Crippen LogP contribution is -2.44. The number of Topliss-reactive ketones (excluding diaryl/α,β-unsaturated/α-hetero) is 1. The van der Waals surface area contributed by atoms with Gasteiger partial charge in [-0.2, -0.15) is 18.6 Å². The molecule has 14 rings (SSSR count). The quantitative estimate of drug-likeness (QED) is 0.0321. The van der Waals surface area contributed by atoms with Crippen LogP contribution in [0.1, 0.15) is 153 Å². The first-order chi connectivity index (χ1) is 58.5. The molecule has 662 valence electrons. The number of aryl methyl sites for hydroxylation is 2. The number of aromatic nitrogens is 5. The molecule has 25 nitrogen and oxygen atoms in total. The fourth-order valence-corrected chi connectivity index (χ4v) is 16.7. The molecule has 2 aromatic heterocycles.